The van der Waals surface area contributed by atoms with Gasteiger partial charge in [0.25, 0.3) is 0 Å². The Labute approximate surface area is 61.4 Å². The lowest BCUT2D eigenvalue weighted by molar-refractivity contribution is 0.413. The number of rotatable bonds is 1. The second-order valence-electron chi connectivity index (χ2n) is 2.78. The minimum atomic E-state index is 0.400. The van der Waals surface area contributed by atoms with Crippen LogP contribution in [-0.4, -0.2) is 5.11 Å². The van der Waals surface area contributed by atoms with E-state index >= 15 is 0 Å². The number of hydrogen-bond donors (Lipinski definition) is 1. The van der Waals surface area contributed by atoms with E-state index < -0.39 is 0 Å². The number of aliphatic hydroxyl groups excluding tert-OH is 1. The van der Waals surface area contributed by atoms with Crippen molar-refractivity contribution in [3.8, 4) is 0 Å². The van der Waals surface area contributed by atoms with E-state index in [-0.39, 0.29) is 0 Å². The summed E-state index contributed by atoms with van der Waals surface area (Å²) in [6, 6.07) is 0. The minimum Gasteiger partial charge on any atom is -0.507 e. The third kappa shape index (κ3) is 1.31. The zero-order valence-corrected chi connectivity index (χ0v) is 6.39. The van der Waals surface area contributed by atoms with E-state index in [1.165, 1.54) is 0 Å². The van der Waals surface area contributed by atoms with Crippen molar-refractivity contribution in [2.75, 3.05) is 0 Å². The van der Waals surface area contributed by atoms with Crippen LogP contribution >= 0.6 is 0 Å². The summed E-state index contributed by atoms with van der Waals surface area (Å²) in [5, 5.41) is 9.28. The monoisotopic (exact) mass is 136 g/mol. The average molecular weight is 136 g/mol. The molecule has 1 rings (SSSR count). The van der Waals surface area contributed by atoms with Crippen molar-refractivity contribution in [2.45, 2.75) is 20.3 Å². The molecule has 0 aliphatic heterocycles. The number of hydrogen-bond acceptors (Lipinski definition) is 1. The van der Waals surface area contributed by atoms with Crippen molar-refractivity contribution >= 4 is 0 Å². The zero-order chi connectivity index (χ0) is 7.56. The summed E-state index contributed by atoms with van der Waals surface area (Å²) >= 11 is 0. The zero-order valence-electron chi connectivity index (χ0n) is 6.39. The molecule has 1 aliphatic carbocycles. The highest BCUT2D eigenvalue weighted by molar-refractivity contribution is 5.26. The predicted molar refractivity (Wildman–Crippen MR) is 41.8 cm³/mol. The Hall–Kier alpha value is -0.940. The van der Waals surface area contributed by atoms with Gasteiger partial charge < -0.3 is 5.11 Å². The van der Waals surface area contributed by atoms with Crippen molar-refractivity contribution in [2.24, 2.45) is 5.92 Å². The fourth-order valence-corrected chi connectivity index (χ4v) is 1.04. The molecule has 0 heterocycles. The molecule has 0 amide bonds. The molecule has 0 spiro atoms. The normalized spacial score (nSPS) is 17.1. The Morgan fingerprint density at radius 3 is 2.70 bits per heavy atom. The molecule has 0 aromatic carbocycles. The van der Waals surface area contributed by atoms with Gasteiger partial charge in [0, 0.05) is 6.08 Å². The van der Waals surface area contributed by atoms with Crippen LogP contribution in [0.15, 0.2) is 29.2 Å². The maximum atomic E-state index is 9.28. The van der Waals surface area contributed by atoms with Gasteiger partial charge in [0.15, 0.2) is 0 Å². The molecule has 0 saturated heterocycles. The molecular weight excluding hydrogens is 124 g/mol. The first-order valence-corrected chi connectivity index (χ1v) is 3.54. The van der Waals surface area contributed by atoms with Gasteiger partial charge in [-0.1, -0.05) is 13.8 Å². The van der Waals surface area contributed by atoms with Gasteiger partial charge in [-0.3, -0.25) is 0 Å². The van der Waals surface area contributed by atoms with Crippen LogP contribution in [0.2, 0.25) is 0 Å². The van der Waals surface area contributed by atoms with E-state index in [4.69, 9.17) is 0 Å². The molecule has 0 aromatic rings. The first-order chi connectivity index (χ1) is 4.72. The van der Waals surface area contributed by atoms with E-state index in [9.17, 15) is 5.11 Å². The minimum absolute atomic E-state index is 0.400. The molecule has 54 valence electrons. The third-order valence-electron chi connectivity index (χ3n) is 1.69. The number of aliphatic hydroxyl groups is 1. The van der Waals surface area contributed by atoms with Crippen molar-refractivity contribution in [3.63, 3.8) is 0 Å². The van der Waals surface area contributed by atoms with E-state index in [0.29, 0.717) is 11.7 Å². The molecule has 0 fully saturated rings. The van der Waals surface area contributed by atoms with Crippen LogP contribution in [0.5, 0.6) is 0 Å². The first kappa shape index (κ1) is 7.17. The first-order valence-electron chi connectivity index (χ1n) is 3.54. The standard InChI is InChI=1S/C9H12O/c1-7(2)8-5-3-4-6-9(8)10/h3,6-7,10H,5H2,1-2H3. The lowest BCUT2D eigenvalue weighted by Gasteiger charge is -2.11. The summed E-state index contributed by atoms with van der Waals surface area (Å²) in [5.41, 5.74) is 3.97. The Morgan fingerprint density at radius 2 is 2.30 bits per heavy atom. The van der Waals surface area contributed by atoms with Crippen LogP contribution < -0.4 is 0 Å². The highest BCUT2D eigenvalue weighted by Gasteiger charge is 2.07. The fourth-order valence-electron chi connectivity index (χ4n) is 1.04. The van der Waals surface area contributed by atoms with Gasteiger partial charge in [0.1, 0.15) is 5.76 Å². The molecule has 0 bridgehead atoms. The second-order valence-corrected chi connectivity index (χ2v) is 2.78. The molecule has 1 N–H and O–H groups in total. The molecule has 10 heavy (non-hydrogen) atoms. The van der Waals surface area contributed by atoms with Crippen LogP contribution in [-0.2, 0) is 0 Å². The van der Waals surface area contributed by atoms with Crippen LogP contribution in [0, 0.1) is 5.92 Å². The van der Waals surface area contributed by atoms with Crippen LogP contribution in [0.1, 0.15) is 20.3 Å². The highest BCUT2D eigenvalue weighted by Crippen LogP contribution is 2.20. The summed E-state index contributed by atoms with van der Waals surface area (Å²) in [5.74, 6) is 0.840. The lowest BCUT2D eigenvalue weighted by Crippen LogP contribution is -1.98. The summed E-state index contributed by atoms with van der Waals surface area (Å²) in [6.45, 7) is 4.16. The Bertz CT molecular complexity index is 215. The van der Waals surface area contributed by atoms with Gasteiger partial charge >= 0.3 is 0 Å². The van der Waals surface area contributed by atoms with Crippen LogP contribution in [0.3, 0.4) is 0 Å². The number of allylic oxidation sites excluding steroid dienone is 2. The van der Waals surface area contributed by atoms with E-state index in [1.807, 2.05) is 6.08 Å². The fraction of sp³-hybridized carbons (Fsp3) is 0.444. The largest absolute Gasteiger partial charge is 0.507 e. The van der Waals surface area contributed by atoms with Crippen LogP contribution in [0.25, 0.3) is 0 Å². The Balaban J connectivity index is 2.88. The lowest BCUT2D eigenvalue weighted by atomic mass is 9.96. The summed E-state index contributed by atoms with van der Waals surface area (Å²) in [6.07, 6.45) is 4.41. The van der Waals surface area contributed by atoms with Crippen LogP contribution in [0.4, 0.5) is 0 Å². The smallest absolute Gasteiger partial charge is 0.123 e. The predicted octanol–water partition coefficient (Wildman–Crippen LogP) is 2.57. The van der Waals surface area contributed by atoms with Gasteiger partial charge in [0.05, 0.1) is 0 Å². The SMILES string of the molecule is CC(C)C1=C(O)C=C=CC1. The van der Waals surface area contributed by atoms with Gasteiger partial charge in [0.2, 0.25) is 0 Å². The molecule has 0 radical (unpaired) electrons. The summed E-state index contributed by atoms with van der Waals surface area (Å²) in [4.78, 5) is 0. The molecule has 1 heteroatoms. The maximum absolute atomic E-state index is 9.28. The topological polar surface area (TPSA) is 20.2 Å². The van der Waals surface area contributed by atoms with Gasteiger partial charge in [-0.25, -0.2) is 0 Å². The Kier molecular flexibility index (Phi) is 1.98. The Morgan fingerprint density at radius 1 is 1.60 bits per heavy atom. The van der Waals surface area contributed by atoms with Gasteiger partial charge in [-0.15, -0.1) is 5.73 Å². The van der Waals surface area contributed by atoms with E-state index in [1.54, 1.807) is 6.08 Å². The van der Waals surface area contributed by atoms with Crippen molar-refractivity contribution in [1.82, 2.24) is 0 Å². The van der Waals surface area contributed by atoms with E-state index in [0.717, 1.165) is 12.0 Å². The maximum Gasteiger partial charge on any atom is 0.123 e. The molecule has 0 saturated carbocycles. The molecule has 0 unspecified atom stereocenters. The van der Waals surface area contributed by atoms with Crippen molar-refractivity contribution in [3.05, 3.63) is 29.2 Å². The third-order valence-corrected chi connectivity index (χ3v) is 1.69. The summed E-state index contributed by atoms with van der Waals surface area (Å²) in [7, 11) is 0. The molecule has 1 nitrogen and oxygen atoms in total. The molecule has 0 aromatic heterocycles. The second kappa shape index (κ2) is 2.76. The average Bonchev–Trinajstić information content (AvgIpc) is 1.88. The van der Waals surface area contributed by atoms with E-state index in [2.05, 4.69) is 19.6 Å². The molecule has 0 atom stereocenters. The van der Waals surface area contributed by atoms with Gasteiger partial charge in [-0.05, 0) is 24.0 Å². The summed E-state index contributed by atoms with van der Waals surface area (Å²) < 4.78 is 0. The quantitative estimate of drug-likeness (QED) is 0.549. The van der Waals surface area contributed by atoms with Gasteiger partial charge in [-0.2, -0.15) is 0 Å². The highest BCUT2D eigenvalue weighted by atomic mass is 16.3. The molecule has 1 aliphatic rings. The van der Waals surface area contributed by atoms with Crippen molar-refractivity contribution in [1.29, 1.82) is 0 Å². The molecular formula is C9H12O. The van der Waals surface area contributed by atoms with Crippen molar-refractivity contribution < 1.29 is 5.11 Å².